The molecule has 0 fully saturated rings. The van der Waals surface area contributed by atoms with Crippen LogP contribution in [0.15, 0.2) is 59.8 Å². The maximum absolute atomic E-state index is 9.46. The molecule has 0 saturated carbocycles. The van der Waals surface area contributed by atoms with E-state index < -0.39 is 0 Å². The lowest BCUT2D eigenvalue weighted by Crippen LogP contribution is -1.82. The summed E-state index contributed by atoms with van der Waals surface area (Å²) in [5.41, 5.74) is 2.66. The number of nitriles is 1. The van der Waals surface area contributed by atoms with Crippen LogP contribution in [0.5, 0.6) is 5.75 Å². The monoisotopic (exact) mass is 280 g/mol. The number of phenolic OH excluding ortho intramolecular Hbond substituents is 1. The van der Waals surface area contributed by atoms with Crippen LogP contribution in [0.3, 0.4) is 0 Å². The Morgan fingerprint density at radius 2 is 2.10 bits per heavy atom. The van der Waals surface area contributed by atoms with Gasteiger partial charge in [-0.2, -0.15) is 5.26 Å². The number of phenols is 1. The number of aromatic hydroxyl groups is 1. The van der Waals surface area contributed by atoms with Crippen molar-refractivity contribution in [1.29, 1.82) is 5.26 Å². The molecule has 3 nitrogen and oxygen atoms in total. The normalized spacial score (nSPS) is 10.6. The fraction of sp³-hybridized carbons (Fsp3) is 0.0625. The molecule has 0 amide bonds. The summed E-state index contributed by atoms with van der Waals surface area (Å²) in [5, 5.41) is 18.8. The van der Waals surface area contributed by atoms with Crippen molar-refractivity contribution in [1.82, 2.24) is 4.40 Å². The van der Waals surface area contributed by atoms with Crippen molar-refractivity contribution < 1.29 is 5.11 Å². The van der Waals surface area contributed by atoms with Gasteiger partial charge in [-0.1, -0.05) is 12.1 Å². The fourth-order valence-electron chi connectivity index (χ4n) is 2.15. The topological polar surface area (TPSA) is 48.4 Å². The Morgan fingerprint density at radius 1 is 1.20 bits per heavy atom. The molecule has 2 heterocycles. The van der Waals surface area contributed by atoms with Gasteiger partial charge in [-0.3, -0.25) is 0 Å². The van der Waals surface area contributed by atoms with Crippen molar-refractivity contribution in [2.75, 3.05) is 0 Å². The lowest BCUT2D eigenvalue weighted by Gasteiger charge is -2.01. The minimum absolute atomic E-state index is 0.262. The number of thioether (sulfide) groups is 1. The molecule has 0 unspecified atom stereocenters. The van der Waals surface area contributed by atoms with E-state index in [-0.39, 0.29) is 5.75 Å². The molecule has 0 radical (unpaired) electrons. The smallest absolute Gasteiger partial charge is 0.116 e. The van der Waals surface area contributed by atoms with Crippen LogP contribution >= 0.6 is 11.8 Å². The van der Waals surface area contributed by atoms with E-state index in [1.165, 1.54) is 0 Å². The second-order valence-corrected chi connectivity index (χ2v) is 5.47. The van der Waals surface area contributed by atoms with Gasteiger partial charge < -0.3 is 9.51 Å². The standard InChI is InChI=1S/C16H12N2OS/c17-9-15-12(10-18-7-2-1-6-16(15)18)11-20-14-5-3-4-13(19)8-14/h1-8,10,19H,11H2. The van der Waals surface area contributed by atoms with Crippen molar-refractivity contribution in [3.05, 3.63) is 66.0 Å². The average molecular weight is 280 g/mol. The number of nitrogens with zero attached hydrogens (tertiary/aromatic N) is 2. The van der Waals surface area contributed by atoms with Crippen LogP contribution in [-0.2, 0) is 5.75 Å². The molecule has 0 aliphatic rings. The first-order chi connectivity index (χ1) is 9.78. The van der Waals surface area contributed by atoms with E-state index in [9.17, 15) is 10.4 Å². The molecule has 0 bridgehead atoms. The Bertz CT molecular complexity index is 802. The largest absolute Gasteiger partial charge is 0.508 e. The maximum atomic E-state index is 9.46. The zero-order valence-corrected chi connectivity index (χ0v) is 11.5. The van der Waals surface area contributed by atoms with Gasteiger partial charge in [0.15, 0.2) is 0 Å². The Kier molecular flexibility index (Phi) is 3.36. The lowest BCUT2D eigenvalue weighted by atomic mass is 10.2. The van der Waals surface area contributed by atoms with Gasteiger partial charge in [0, 0.05) is 23.0 Å². The van der Waals surface area contributed by atoms with E-state index in [1.54, 1.807) is 23.9 Å². The third kappa shape index (κ3) is 2.36. The molecule has 20 heavy (non-hydrogen) atoms. The van der Waals surface area contributed by atoms with E-state index in [0.29, 0.717) is 5.75 Å². The first-order valence-electron chi connectivity index (χ1n) is 6.18. The van der Waals surface area contributed by atoms with Crippen LogP contribution in [-0.4, -0.2) is 9.51 Å². The van der Waals surface area contributed by atoms with Crippen molar-refractivity contribution in [3.8, 4) is 11.8 Å². The molecular weight excluding hydrogens is 268 g/mol. The zero-order chi connectivity index (χ0) is 13.9. The van der Waals surface area contributed by atoms with Crippen molar-refractivity contribution in [2.45, 2.75) is 10.6 Å². The van der Waals surface area contributed by atoms with Crippen molar-refractivity contribution in [2.24, 2.45) is 0 Å². The summed E-state index contributed by atoms with van der Waals surface area (Å²) in [6, 6.07) is 15.3. The summed E-state index contributed by atoms with van der Waals surface area (Å²) < 4.78 is 1.97. The molecule has 0 aliphatic heterocycles. The summed E-state index contributed by atoms with van der Waals surface area (Å²) in [6.45, 7) is 0. The van der Waals surface area contributed by atoms with E-state index in [0.717, 1.165) is 21.5 Å². The number of hydrogen-bond acceptors (Lipinski definition) is 3. The first-order valence-corrected chi connectivity index (χ1v) is 7.17. The summed E-state index contributed by atoms with van der Waals surface area (Å²) in [6.07, 6.45) is 3.93. The van der Waals surface area contributed by atoms with Crippen LogP contribution in [0.4, 0.5) is 0 Å². The molecule has 3 aromatic rings. The van der Waals surface area contributed by atoms with Gasteiger partial charge in [-0.15, -0.1) is 11.8 Å². The van der Waals surface area contributed by atoms with Gasteiger partial charge in [-0.05, 0) is 35.9 Å². The molecule has 0 atom stereocenters. The number of pyridine rings is 1. The number of aromatic nitrogens is 1. The number of benzene rings is 1. The van der Waals surface area contributed by atoms with Gasteiger partial charge in [0.25, 0.3) is 0 Å². The van der Waals surface area contributed by atoms with Gasteiger partial charge in [0.2, 0.25) is 0 Å². The third-order valence-corrected chi connectivity index (χ3v) is 4.13. The quantitative estimate of drug-likeness (QED) is 0.742. The summed E-state index contributed by atoms with van der Waals surface area (Å²) in [5.74, 6) is 0.964. The van der Waals surface area contributed by atoms with Crippen LogP contribution < -0.4 is 0 Å². The van der Waals surface area contributed by atoms with E-state index in [2.05, 4.69) is 6.07 Å². The molecule has 0 saturated heterocycles. The molecule has 2 aromatic heterocycles. The predicted octanol–water partition coefficient (Wildman–Crippen LogP) is 3.81. The summed E-state index contributed by atoms with van der Waals surface area (Å²) in [7, 11) is 0. The van der Waals surface area contributed by atoms with Crippen LogP contribution in [0.25, 0.3) is 5.52 Å². The van der Waals surface area contributed by atoms with Crippen molar-refractivity contribution in [3.63, 3.8) is 0 Å². The SMILES string of the molecule is N#Cc1c(CSc2cccc(O)c2)cn2ccccc12. The zero-order valence-electron chi connectivity index (χ0n) is 10.7. The molecular formula is C16H12N2OS. The highest BCUT2D eigenvalue weighted by molar-refractivity contribution is 7.98. The highest BCUT2D eigenvalue weighted by Gasteiger charge is 2.10. The lowest BCUT2D eigenvalue weighted by molar-refractivity contribution is 0.474. The van der Waals surface area contributed by atoms with E-state index >= 15 is 0 Å². The van der Waals surface area contributed by atoms with Crippen molar-refractivity contribution >= 4 is 17.3 Å². The molecule has 0 aliphatic carbocycles. The van der Waals surface area contributed by atoms with E-state index in [1.807, 2.05) is 47.1 Å². The van der Waals surface area contributed by atoms with Gasteiger partial charge >= 0.3 is 0 Å². The maximum Gasteiger partial charge on any atom is 0.116 e. The molecule has 98 valence electrons. The molecule has 3 rings (SSSR count). The Labute approximate surface area is 121 Å². The molecule has 1 aromatic carbocycles. The number of rotatable bonds is 3. The number of fused-ring (bicyclic) bond motifs is 1. The van der Waals surface area contributed by atoms with Gasteiger partial charge in [0.05, 0.1) is 11.1 Å². The second-order valence-electron chi connectivity index (χ2n) is 4.42. The predicted molar refractivity (Wildman–Crippen MR) is 79.8 cm³/mol. The first kappa shape index (κ1) is 12.6. The summed E-state index contributed by atoms with van der Waals surface area (Å²) in [4.78, 5) is 0.990. The highest BCUT2D eigenvalue weighted by atomic mass is 32.2. The Balaban J connectivity index is 1.90. The van der Waals surface area contributed by atoms with Crippen LogP contribution in [0.1, 0.15) is 11.1 Å². The molecule has 0 spiro atoms. The summed E-state index contributed by atoms with van der Waals surface area (Å²) >= 11 is 1.61. The minimum Gasteiger partial charge on any atom is -0.508 e. The number of hydrogen-bond donors (Lipinski definition) is 1. The second kappa shape index (κ2) is 5.32. The Hall–Kier alpha value is -2.38. The molecule has 1 N–H and O–H groups in total. The fourth-order valence-corrected chi connectivity index (χ4v) is 3.07. The van der Waals surface area contributed by atoms with Crippen LogP contribution in [0.2, 0.25) is 0 Å². The van der Waals surface area contributed by atoms with E-state index in [4.69, 9.17) is 0 Å². The third-order valence-electron chi connectivity index (χ3n) is 3.09. The molecule has 4 heteroatoms. The minimum atomic E-state index is 0.262. The van der Waals surface area contributed by atoms with Crippen LogP contribution in [0, 0.1) is 11.3 Å². The van der Waals surface area contributed by atoms with Gasteiger partial charge in [-0.25, -0.2) is 0 Å². The Morgan fingerprint density at radius 3 is 2.90 bits per heavy atom. The average Bonchev–Trinajstić information content (AvgIpc) is 2.82. The van der Waals surface area contributed by atoms with Gasteiger partial charge in [0.1, 0.15) is 11.8 Å². The highest BCUT2D eigenvalue weighted by Crippen LogP contribution is 2.28.